The first kappa shape index (κ1) is 15.3. The first-order valence-electron chi connectivity index (χ1n) is 5.51. The molecule has 0 spiro atoms. The Labute approximate surface area is 108 Å². The fourth-order valence-electron chi connectivity index (χ4n) is 1.34. The van der Waals surface area contributed by atoms with Crippen molar-refractivity contribution in [1.29, 1.82) is 0 Å². The maximum Gasteiger partial charge on any atom is 0.433 e. The van der Waals surface area contributed by atoms with Gasteiger partial charge in [-0.25, -0.2) is 4.79 Å². The number of rotatable bonds is 5. The van der Waals surface area contributed by atoms with E-state index in [0.717, 1.165) is 7.11 Å². The van der Waals surface area contributed by atoms with Gasteiger partial charge < -0.3 is 14.8 Å². The maximum absolute atomic E-state index is 12.5. The minimum absolute atomic E-state index is 0.192. The molecule has 7 heteroatoms. The third kappa shape index (κ3) is 4.44. The van der Waals surface area contributed by atoms with E-state index in [4.69, 9.17) is 4.74 Å². The molecule has 0 aliphatic rings. The van der Waals surface area contributed by atoms with E-state index >= 15 is 0 Å². The molecule has 0 aromatic heterocycles. The third-order valence-corrected chi connectivity index (χ3v) is 2.23. The van der Waals surface area contributed by atoms with E-state index in [-0.39, 0.29) is 17.9 Å². The van der Waals surface area contributed by atoms with E-state index in [2.05, 4.69) is 10.1 Å². The third-order valence-electron chi connectivity index (χ3n) is 2.23. The van der Waals surface area contributed by atoms with E-state index < -0.39 is 18.4 Å². The topological polar surface area (TPSA) is 47.6 Å². The molecule has 0 aliphatic carbocycles. The molecule has 1 aromatic carbocycles. The van der Waals surface area contributed by atoms with Crippen LogP contribution >= 0.6 is 0 Å². The van der Waals surface area contributed by atoms with Crippen molar-refractivity contribution in [3.05, 3.63) is 29.8 Å². The fourth-order valence-corrected chi connectivity index (χ4v) is 1.34. The van der Waals surface area contributed by atoms with Crippen LogP contribution in [0.2, 0.25) is 0 Å². The highest BCUT2D eigenvalue weighted by atomic mass is 19.4. The van der Waals surface area contributed by atoms with E-state index in [9.17, 15) is 18.0 Å². The molecule has 1 aromatic rings. The number of benzene rings is 1. The monoisotopic (exact) mass is 277 g/mol. The molecule has 1 atom stereocenters. The maximum atomic E-state index is 12.5. The largest absolute Gasteiger partial charge is 0.462 e. The SMILES string of the molecule is CCOC(=O)c1ccc(N[C@H](OC)C(F)(F)F)cc1. The van der Waals surface area contributed by atoms with Gasteiger partial charge in [0, 0.05) is 12.8 Å². The fraction of sp³-hybridized carbons (Fsp3) is 0.417. The highest BCUT2D eigenvalue weighted by Crippen LogP contribution is 2.24. The summed E-state index contributed by atoms with van der Waals surface area (Å²) >= 11 is 0. The summed E-state index contributed by atoms with van der Waals surface area (Å²) < 4.78 is 46.4. The van der Waals surface area contributed by atoms with Gasteiger partial charge in [0.25, 0.3) is 0 Å². The van der Waals surface area contributed by atoms with Crippen molar-refractivity contribution in [2.24, 2.45) is 0 Å². The van der Waals surface area contributed by atoms with Gasteiger partial charge in [0.2, 0.25) is 6.23 Å². The van der Waals surface area contributed by atoms with Crippen molar-refractivity contribution < 1.29 is 27.4 Å². The van der Waals surface area contributed by atoms with Gasteiger partial charge in [0.15, 0.2) is 0 Å². The Morgan fingerprint density at radius 1 is 1.32 bits per heavy atom. The van der Waals surface area contributed by atoms with Gasteiger partial charge >= 0.3 is 12.1 Å². The lowest BCUT2D eigenvalue weighted by Gasteiger charge is -2.20. The van der Waals surface area contributed by atoms with Crippen LogP contribution in [-0.4, -0.2) is 32.1 Å². The van der Waals surface area contributed by atoms with Crippen molar-refractivity contribution in [3.8, 4) is 0 Å². The Morgan fingerprint density at radius 3 is 2.32 bits per heavy atom. The molecule has 0 amide bonds. The van der Waals surface area contributed by atoms with Gasteiger partial charge in [-0.05, 0) is 31.2 Å². The molecule has 0 aliphatic heterocycles. The normalized spacial score (nSPS) is 12.9. The molecule has 1 N–H and O–H groups in total. The van der Waals surface area contributed by atoms with Crippen LogP contribution in [0, 0.1) is 0 Å². The first-order valence-corrected chi connectivity index (χ1v) is 5.51. The van der Waals surface area contributed by atoms with Gasteiger partial charge in [0.1, 0.15) is 0 Å². The average molecular weight is 277 g/mol. The number of methoxy groups -OCH3 is 1. The highest BCUT2D eigenvalue weighted by molar-refractivity contribution is 5.89. The van der Waals surface area contributed by atoms with Crippen LogP contribution in [0.5, 0.6) is 0 Å². The molecular formula is C12H14F3NO3. The van der Waals surface area contributed by atoms with Crippen LogP contribution in [0.4, 0.5) is 18.9 Å². The predicted octanol–water partition coefficient (Wildman–Crippen LogP) is 2.81. The van der Waals surface area contributed by atoms with Crippen molar-refractivity contribution in [3.63, 3.8) is 0 Å². The van der Waals surface area contributed by atoms with Crippen molar-refractivity contribution in [2.45, 2.75) is 19.3 Å². The van der Waals surface area contributed by atoms with E-state index in [0.29, 0.717) is 0 Å². The second-order valence-electron chi connectivity index (χ2n) is 3.60. The smallest absolute Gasteiger partial charge is 0.433 e. The summed E-state index contributed by atoms with van der Waals surface area (Å²) in [4.78, 5) is 11.3. The zero-order chi connectivity index (χ0) is 14.5. The number of esters is 1. The number of hydrogen-bond donors (Lipinski definition) is 1. The number of nitrogens with one attached hydrogen (secondary N) is 1. The van der Waals surface area contributed by atoms with E-state index in [1.165, 1.54) is 24.3 Å². The summed E-state index contributed by atoms with van der Waals surface area (Å²) in [5, 5.41) is 2.17. The molecule has 106 valence electrons. The Bertz CT molecular complexity index is 417. The van der Waals surface area contributed by atoms with Crippen molar-refractivity contribution >= 4 is 11.7 Å². The molecule has 19 heavy (non-hydrogen) atoms. The zero-order valence-corrected chi connectivity index (χ0v) is 10.5. The Morgan fingerprint density at radius 2 is 1.89 bits per heavy atom. The number of hydrogen-bond acceptors (Lipinski definition) is 4. The summed E-state index contributed by atoms with van der Waals surface area (Å²) in [5.41, 5.74) is 0.464. The lowest BCUT2D eigenvalue weighted by molar-refractivity contribution is -0.202. The first-order chi connectivity index (χ1) is 8.88. The molecule has 0 fully saturated rings. The molecular weight excluding hydrogens is 263 g/mol. The van der Waals surface area contributed by atoms with Crippen LogP contribution in [0.1, 0.15) is 17.3 Å². The molecule has 0 heterocycles. The van der Waals surface area contributed by atoms with Crippen molar-refractivity contribution in [1.82, 2.24) is 0 Å². The summed E-state index contributed by atoms with van der Waals surface area (Å²) in [6.07, 6.45) is -6.62. The van der Waals surface area contributed by atoms with Gasteiger partial charge in [-0.1, -0.05) is 0 Å². The second kappa shape index (κ2) is 6.42. The van der Waals surface area contributed by atoms with Gasteiger partial charge in [0.05, 0.1) is 12.2 Å². The molecule has 1 rings (SSSR count). The van der Waals surface area contributed by atoms with Gasteiger partial charge in [-0.2, -0.15) is 13.2 Å². The Hall–Kier alpha value is -1.76. The van der Waals surface area contributed by atoms with E-state index in [1.54, 1.807) is 6.92 Å². The van der Waals surface area contributed by atoms with Crippen LogP contribution in [0.25, 0.3) is 0 Å². The average Bonchev–Trinajstić information content (AvgIpc) is 2.35. The number of anilines is 1. The number of halogens is 3. The molecule has 0 radical (unpaired) electrons. The summed E-state index contributed by atoms with van der Waals surface area (Å²) in [7, 11) is 0.956. The Kier molecular flexibility index (Phi) is 5.17. The quantitative estimate of drug-likeness (QED) is 0.664. The zero-order valence-electron chi connectivity index (χ0n) is 10.5. The predicted molar refractivity (Wildman–Crippen MR) is 62.9 cm³/mol. The molecule has 0 saturated heterocycles. The van der Waals surface area contributed by atoms with Gasteiger partial charge in [-0.15, -0.1) is 0 Å². The molecule has 4 nitrogen and oxygen atoms in total. The summed E-state index contributed by atoms with van der Waals surface area (Å²) in [6, 6.07) is 5.46. The summed E-state index contributed by atoms with van der Waals surface area (Å²) in [5.74, 6) is -0.520. The summed E-state index contributed by atoms with van der Waals surface area (Å²) in [6.45, 7) is 1.90. The van der Waals surface area contributed by atoms with Crippen LogP contribution in [-0.2, 0) is 9.47 Å². The molecule has 0 bridgehead atoms. The lowest BCUT2D eigenvalue weighted by Crippen LogP contribution is -2.37. The highest BCUT2D eigenvalue weighted by Gasteiger charge is 2.40. The van der Waals surface area contributed by atoms with Crippen molar-refractivity contribution in [2.75, 3.05) is 19.0 Å². The minimum Gasteiger partial charge on any atom is -0.462 e. The second-order valence-corrected chi connectivity index (χ2v) is 3.60. The number of carbonyl (C=O) groups excluding carboxylic acids is 1. The van der Waals surface area contributed by atoms with E-state index in [1.807, 2.05) is 0 Å². The Balaban J connectivity index is 2.74. The number of carbonyl (C=O) groups is 1. The number of ether oxygens (including phenoxy) is 2. The molecule has 0 unspecified atom stereocenters. The standard InChI is InChI=1S/C12H14F3NO3/c1-3-19-10(17)8-4-6-9(7-5-8)16-11(18-2)12(13,14)15/h4-7,11,16H,3H2,1-2H3/t11-/m1/s1. The van der Waals surface area contributed by atoms with Gasteiger partial charge in [-0.3, -0.25) is 0 Å². The van der Waals surface area contributed by atoms with Crippen LogP contribution in [0.3, 0.4) is 0 Å². The number of alkyl halides is 3. The minimum atomic E-state index is -4.52. The lowest BCUT2D eigenvalue weighted by atomic mass is 10.2. The van der Waals surface area contributed by atoms with Crippen LogP contribution in [0.15, 0.2) is 24.3 Å². The van der Waals surface area contributed by atoms with Crippen LogP contribution < -0.4 is 5.32 Å². The molecule has 0 saturated carbocycles.